The third kappa shape index (κ3) is 8.10. The van der Waals surface area contributed by atoms with Gasteiger partial charge in [0.25, 0.3) is 6.71 Å². The molecule has 15 rings (SSSR count). The molecule has 11 aromatic carbocycles. The summed E-state index contributed by atoms with van der Waals surface area (Å²) >= 11 is 0. The molecule has 0 atom stereocenters. The van der Waals surface area contributed by atoms with Crippen LogP contribution in [0.4, 0.5) is 34.1 Å². The van der Waals surface area contributed by atoms with E-state index in [0.717, 1.165) is 67.0 Å². The van der Waals surface area contributed by atoms with Crippen LogP contribution in [0.5, 0.6) is 0 Å². The van der Waals surface area contributed by atoms with Gasteiger partial charge in [0, 0.05) is 66.9 Å². The van der Waals surface area contributed by atoms with E-state index in [1.54, 1.807) is 0 Å². The minimum Gasteiger partial charge on any atom is -0.311 e. The van der Waals surface area contributed by atoms with Crippen molar-refractivity contribution in [2.24, 2.45) is 0 Å². The third-order valence-corrected chi connectivity index (χ3v) is 16.9. The smallest absolute Gasteiger partial charge is 0.252 e. The molecule has 4 nitrogen and oxygen atoms in total. The Morgan fingerprint density at radius 2 is 0.735 bits per heavy atom. The molecule has 2 aliphatic rings. The Morgan fingerprint density at radius 1 is 0.325 bits per heavy atom. The molecule has 83 heavy (non-hydrogen) atoms. The maximum absolute atomic E-state index is 9.54. The quantitative estimate of drug-likeness (QED) is 0.154. The average Bonchev–Trinajstić information content (AvgIpc) is 1.69. The number of benzene rings is 11. The molecule has 0 spiro atoms. The fraction of sp³-hybridized carbons (Fsp3) is 0.154. The van der Waals surface area contributed by atoms with Crippen molar-refractivity contribution in [3.05, 3.63) is 259 Å². The van der Waals surface area contributed by atoms with E-state index in [9.17, 15) is 11.0 Å². The summed E-state index contributed by atoms with van der Waals surface area (Å²) in [6.07, 6.45) is 0. The molecule has 402 valence electrons. The van der Waals surface area contributed by atoms with E-state index in [0.29, 0.717) is 22.7 Å². The summed E-state index contributed by atoms with van der Waals surface area (Å²) in [6, 6.07) is 41.6. The molecular weight excluding hydrogens is 1000 g/mol. The molecule has 0 saturated heterocycles. The Bertz CT molecular complexity index is 5530. The fourth-order valence-corrected chi connectivity index (χ4v) is 12.6. The molecule has 0 amide bonds. The van der Waals surface area contributed by atoms with Gasteiger partial charge in [0.2, 0.25) is 0 Å². The first kappa shape index (κ1) is 36.2. The number of anilines is 6. The Morgan fingerprint density at radius 3 is 1.22 bits per heavy atom. The Labute approximate surface area is 511 Å². The summed E-state index contributed by atoms with van der Waals surface area (Å²) in [5.74, 6) is 0. The van der Waals surface area contributed by atoms with Gasteiger partial charge in [0.05, 0.1) is 49.7 Å². The standard InChI is InChI=1S/C78H67BN4/c1-76(2,3)53-37-33-51(34-38-53)59-21-10-15-26-66(59)83-72-32-20-31-71-75(72)79(65-44-42-58(49-74(65)83)82-69-29-18-13-24-62(69)63-25-14-19-30-70(63)82)64-43-41-57(81-67-27-16-11-22-60(67)61-23-12-17-28-68(61)81)48-73(64)80(71)56-39-35-50(36-40-56)52-45-54(77(4,5)6)47-55(46-52)78(7,8)9/h10-49H,1-9H3/i11D,12D,13D,14D,16D,17D,18D,19D,22D,23D,24D,25D,27D,28D,29D,30D. The second-order valence-corrected chi connectivity index (χ2v) is 25.1. The van der Waals surface area contributed by atoms with Gasteiger partial charge >= 0.3 is 0 Å². The first-order valence-corrected chi connectivity index (χ1v) is 28.2. The Balaban J connectivity index is 1.05. The molecular formula is C78H67BN4. The van der Waals surface area contributed by atoms with Crippen LogP contribution in [0.15, 0.2) is 242 Å². The van der Waals surface area contributed by atoms with Crippen LogP contribution in [0, 0.1) is 0 Å². The van der Waals surface area contributed by atoms with Crippen LogP contribution in [-0.2, 0) is 16.2 Å². The summed E-state index contributed by atoms with van der Waals surface area (Å²) < 4.78 is 150. The highest BCUT2D eigenvalue weighted by Gasteiger charge is 2.44. The fourth-order valence-electron chi connectivity index (χ4n) is 12.6. The van der Waals surface area contributed by atoms with Crippen LogP contribution < -0.4 is 26.2 Å². The van der Waals surface area contributed by atoms with Crippen molar-refractivity contribution in [1.82, 2.24) is 9.13 Å². The van der Waals surface area contributed by atoms with Crippen LogP contribution in [0.2, 0.25) is 0 Å². The monoisotopic (exact) mass is 1090 g/mol. The molecule has 0 aliphatic carbocycles. The first-order chi connectivity index (χ1) is 46.7. The Kier molecular flexibility index (Phi) is 8.12. The highest BCUT2D eigenvalue weighted by Crippen LogP contribution is 2.48. The number of fused-ring (bicyclic) bond motifs is 10. The van der Waals surface area contributed by atoms with E-state index >= 15 is 0 Å². The zero-order chi connectivity index (χ0) is 70.6. The summed E-state index contributed by atoms with van der Waals surface area (Å²) in [4.78, 5) is 4.38. The predicted octanol–water partition coefficient (Wildman–Crippen LogP) is 19.2. The number of rotatable bonds is 6. The van der Waals surface area contributed by atoms with Gasteiger partial charge in [0.15, 0.2) is 0 Å². The zero-order valence-electron chi connectivity index (χ0n) is 63.7. The van der Waals surface area contributed by atoms with Crippen molar-refractivity contribution in [2.75, 3.05) is 9.80 Å². The van der Waals surface area contributed by atoms with Crippen molar-refractivity contribution in [1.29, 1.82) is 0 Å². The third-order valence-electron chi connectivity index (χ3n) is 16.9. The van der Waals surface area contributed by atoms with Gasteiger partial charge in [-0.2, -0.15) is 0 Å². The molecule has 13 aromatic rings. The molecule has 0 unspecified atom stereocenters. The number of hydrogen-bond donors (Lipinski definition) is 0. The summed E-state index contributed by atoms with van der Waals surface area (Å²) in [6.45, 7) is 19.2. The lowest BCUT2D eigenvalue weighted by Crippen LogP contribution is -2.61. The topological polar surface area (TPSA) is 16.3 Å². The first-order valence-electron chi connectivity index (χ1n) is 36.2. The Hall–Kier alpha value is -9.32. The summed E-state index contributed by atoms with van der Waals surface area (Å²) in [7, 11) is 0. The zero-order valence-corrected chi connectivity index (χ0v) is 47.7. The minimum absolute atomic E-state index is 0.0258. The van der Waals surface area contributed by atoms with Gasteiger partial charge < -0.3 is 18.9 Å². The largest absolute Gasteiger partial charge is 0.311 e. The second-order valence-electron chi connectivity index (χ2n) is 25.1. The molecule has 4 heterocycles. The van der Waals surface area contributed by atoms with Gasteiger partial charge in [-0.25, -0.2) is 0 Å². The lowest BCUT2D eigenvalue weighted by molar-refractivity contribution is 0.569. The van der Waals surface area contributed by atoms with Crippen molar-refractivity contribution >= 4 is 101 Å². The van der Waals surface area contributed by atoms with Crippen molar-refractivity contribution in [3.8, 4) is 33.6 Å². The van der Waals surface area contributed by atoms with Gasteiger partial charge in [-0.1, -0.05) is 226 Å². The highest BCUT2D eigenvalue weighted by atomic mass is 15.2. The molecule has 2 aliphatic heterocycles. The summed E-state index contributed by atoms with van der Waals surface area (Å²) in [5, 5.41) is -0.205. The van der Waals surface area contributed by atoms with Gasteiger partial charge in [-0.05, 0) is 145 Å². The van der Waals surface area contributed by atoms with Crippen LogP contribution >= 0.6 is 0 Å². The maximum Gasteiger partial charge on any atom is 0.252 e. The number of para-hydroxylation sites is 5. The lowest BCUT2D eigenvalue weighted by atomic mass is 9.33. The molecule has 5 heteroatoms. The van der Waals surface area contributed by atoms with Crippen molar-refractivity contribution in [2.45, 2.75) is 78.6 Å². The minimum atomic E-state index is -0.620. The molecule has 0 radical (unpaired) electrons. The van der Waals surface area contributed by atoms with E-state index in [2.05, 4.69) is 163 Å². The molecule has 0 saturated carbocycles. The lowest BCUT2D eigenvalue weighted by Gasteiger charge is -2.44. The highest BCUT2D eigenvalue weighted by molar-refractivity contribution is 7.00. The SMILES string of the molecule is [2H]c1c([2H])c([2H])c2c(c1[2H])c1c([2H])c([2H])c([2H])c([2H])c1n2-c1ccc2c(c1)N(c1ccc(-c3cc(C(C)(C)C)cc(C(C)(C)C)c3)cc1)c1cccc3c1B2c1ccc(-n2c4c([2H])c([2H])c([2H])c([2H])c4c4c([2H])c([2H])c([2H])c([2H])c42)cc1N3c1ccccc1-c1ccc(C(C)(C)C)cc1. The molecule has 0 fully saturated rings. The van der Waals surface area contributed by atoms with Gasteiger partial charge in [-0.3, -0.25) is 0 Å². The second kappa shape index (κ2) is 18.6. The van der Waals surface area contributed by atoms with E-state index < -0.39 is 103 Å². The van der Waals surface area contributed by atoms with Crippen LogP contribution in [0.25, 0.3) is 77.2 Å². The number of hydrogen-bond acceptors (Lipinski definition) is 2. The molecule has 0 bridgehead atoms. The van der Waals surface area contributed by atoms with Crippen molar-refractivity contribution < 1.29 is 21.9 Å². The van der Waals surface area contributed by atoms with Crippen LogP contribution in [-0.4, -0.2) is 15.8 Å². The van der Waals surface area contributed by atoms with E-state index in [4.69, 9.17) is 11.0 Å². The van der Waals surface area contributed by atoms with Crippen LogP contribution in [0.1, 0.15) is 101 Å². The van der Waals surface area contributed by atoms with Gasteiger partial charge in [0.1, 0.15) is 0 Å². The number of aromatic nitrogens is 2. The number of nitrogens with zero attached hydrogens (tertiary/aromatic N) is 4. The normalized spacial score (nSPS) is 16.0. The van der Waals surface area contributed by atoms with E-state index in [1.165, 1.54) is 20.3 Å². The van der Waals surface area contributed by atoms with E-state index in [1.807, 2.05) is 54.6 Å². The molecule has 2 aromatic heterocycles. The average molecular weight is 1090 g/mol. The van der Waals surface area contributed by atoms with Gasteiger partial charge in [-0.15, -0.1) is 0 Å². The van der Waals surface area contributed by atoms with Crippen molar-refractivity contribution in [3.63, 3.8) is 0 Å². The molecule has 0 N–H and O–H groups in total. The predicted molar refractivity (Wildman–Crippen MR) is 356 cm³/mol. The van der Waals surface area contributed by atoms with E-state index in [-0.39, 0.29) is 59.9 Å². The summed E-state index contributed by atoms with van der Waals surface area (Å²) in [5.41, 5.74) is 14.3. The maximum atomic E-state index is 9.54. The van der Waals surface area contributed by atoms with Crippen LogP contribution in [0.3, 0.4) is 0 Å².